The van der Waals surface area contributed by atoms with Crippen LogP contribution in [0.3, 0.4) is 0 Å². The van der Waals surface area contributed by atoms with Gasteiger partial charge in [0.15, 0.2) is 0 Å². The Morgan fingerprint density at radius 3 is 2.89 bits per heavy atom. The Bertz CT molecular complexity index is 515. The van der Waals surface area contributed by atoms with Crippen LogP contribution >= 0.6 is 22.6 Å². The summed E-state index contributed by atoms with van der Waals surface area (Å²) in [6, 6.07) is 6.01. The minimum atomic E-state index is -0.346. The van der Waals surface area contributed by atoms with Crippen molar-refractivity contribution in [2.45, 2.75) is 19.8 Å². The first-order valence-electron chi connectivity index (χ1n) is 6.23. The average molecular weight is 373 g/mol. The van der Waals surface area contributed by atoms with Crippen LogP contribution in [0.25, 0.3) is 0 Å². The Balaban J connectivity index is 2.28. The van der Waals surface area contributed by atoms with Crippen LogP contribution in [0.2, 0.25) is 0 Å². The van der Waals surface area contributed by atoms with Crippen molar-refractivity contribution in [3.63, 3.8) is 0 Å². The highest BCUT2D eigenvalue weighted by Crippen LogP contribution is 2.30. The van der Waals surface area contributed by atoms with Gasteiger partial charge in [-0.1, -0.05) is 6.92 Å². The van der Waals surface area contributed by atoms with Gasteiger partial charge in [-0.15, -0.1) is 0 Å². The highest BCUT2D eigenvalue weighted by molar-refractivity contribution is 14.1. The maximum Gasteiger partial charge on any atom is 0.311 e. The minimum Gasteiger partial charge on any atom is -0.469 e. The number of nitrogens with zero attached hydrogens (tertiary/aromatic N) is 1. The molecule has 1 aromatic carbocycles. The lowest BCUT2D eigenvalue weighted by Crippen LogP contribution is -2.27. The summed E-state index contributed by atoms with van der Waals surface area (Å²) in [6.07, 6.45) is 1.10. The van der Waals surface area contributed by atoms with Gasteiger partial charge in [-0.2, -0.15) is 0 Å². The number of aryl methyl sites for hydroxylation is 1. The first-order valence-corrected chi connectivity index (χ1v) is 7.31. The van der Waals surface area contributed by atoms with Crippen molar-refractivity contribution in [2.75, 3.05) is 18.6 Å². The fraction of sp³-hybridized carbons (Fsp3) is 0.429. The smallest absolute Gasteiger partial charge is 0.311 e. The van der Waals surface area contributed by atoms with Gasteiger partial charge in [0.2, 0.25) is 5.91 Å². The molecule has 1 aliphatic rings. The third-order valence-corrected chi connectivity index (χ3v) is 4.04. The fourth-order valence-electron chi connectivity index (χ4n) is 2.37. The quantitative estimate of drug-likeness (QED) is 0.604. The lowest BCUT2D eigenvalue weighted by Gasteiger charge is -2.20. The van der Waals surface area contributed by atoms with Crippen LogP contribution in [0, 0.1) is 9.49 Å². The zero-order valence-electron chi connectivity index (χ0n) is 11.0. The Hall–Kier alpha value is -1.11. The predicted molar refractivity (Wildman–Crippen MR) is 81.0 cm³/mol. The van der Waals surface area contributed by atoms with Gasteiger partial charge in [0.25, 0.3) is 0 Å². The lowest BCUT2D eigenvalue weighted by molar-refractivity contribution is -0.145. The number of hydrogen-bond acceptors (Lipinski definition) is 3. The number of esters is 1. The zero-order valence-corrected chi connectivity index (χ0v) is 13.1. The molecule has 1 atom stereocenters. The first kappa shape index (κ1) is 14.3. The second-order valence-electron chi connectivity index (χ2n) is 4.56. The van der Waals surface area contributed by atoms with E-state index in [1.807, 2.05) is 12.1 Å². The van der Waals surface area contributed by atoms with E-state index < -0.39 is 0 Å². The van der Waals surface area contributed by atoms with Gasteiger partial charge in [-0.05, 0) is 52.8 Å². The Morgan fingerprint density at radius 2 is 2.26 bits per heavy atom. The summed E-state index contributed by atoms with van der Waals surface area (Å²) in [5.74, 6) is -0.660. The van der Waals surface area contributed by atoms with Crippen molar-refractivity contribution in [1.29, 1.82) is 0 Å². The van der Waals surface area contributed by atoms with E-state index in [0.29, 0.717) is 6.54 Å². The molecule has 1 fully saturated rings. The van der Waals surface area contributed by atoms with E-state index in [1.54, 1.807) is 4.90 Å². The molecule has 102 valence electrons. The summed E-state index contributed by atoms with van der Waals surface area (Å²) in [6.45, 7) is 2.48. The largest absolute Gasteiger partial charge is 0.469 e. The van der Waals surface area contributed by atoms with E-state index in [9.17, 15) is 9.59 Å². The number of amides is 1. The normalized spacial score (nSPS) is 18.8. The molecule has 0 saturated carbocycles. The van der Waals surface area contributed by atoms with Gasteiger partial charge >= 0.3 is 5.97 Å². The van der Waals surface area contributed by atoms with E-state index in [-0.39, 0.29) is 24.2 Å². The number of ether oxygens (including phenoxy) is 1. The summed E-state index contributed by atoms with van der Waals surface area (Å²) < 4.78 is 5.87. The van der Waals surface area contributed by atoms with Gasteiger partial charge < -0.3 is 9.64 Å². The van der Waals surface area contributed by atoms with Crippen LogP contribution in [-0.4, -0.2) is 25.5 Å². The van der Waals surface area contributed by atoms with Crippen LogP contribution in [0.15, 0.2) is 18.2 Å². The van der Waals surface area contributed by atoms with Crippen molar-refractivity contribution in [2.24, 2.45) is 5.92 Å². The molecule has 0 aromatic heterocycles. The molecule has 0 bridgehead atoms. The molecule has 1 saturated heterocycles. The summed E-state index contributed by atoms with van der Waals surface area (Å²) >= 11 is 2.26. The molecule has 1 aromatic rings. The number of benzene rings is 1. The maximum atomic E-state index is 12.1. The molecule has 1 amide bonds. The van der Waals surface area contributed by atoms with Crippen LogP contribution in [0.5, 0.6) is 0 Å². The van der Waals surface area contributed by atoms with Crippen molar-refractivity contribution in [1.82, 2.24) is 0 Å². The fourth-order valence-corrected chi connectivity index (χ4v) is 2.92. The van der Waals surface area contributed by atoms with Crippen molar-refractivity contribution in [3.05, 3.63) is 27.3 Å². The summed E-state index contributed by atoms with van der Waals surface area (Å²) in [7, 11) is 1.36. The Labute approximate surface area is 126 Å². The number of hydrogen-bond donors (Lipinski definition) is 0. The van der Waals surface area contributed by atoms with Crippen molar-refractivity contribution >= 4 is 40.2 Å². The molecule has 0 N–H and O–H groups in total. The molecule has 5 heteroatoms. The molecule has 0 aliphatic carbocycles. The maximum absolute atomic E-state index is 12.1. The highest BCUT2D eigenvalue weighted by atomic mass is 127. The number of rotatable bonds is 3. The third-order valence-electron chi connectivity index (χ3n) is 3.37. The number of methoxy groups -OCH3 is 1. The molecule has 4 nitrogen and oxygen atoms in total. The van der Waals surface area contributed by atoms with Crippen LogP contribution in [0.4, 0.5) is 5.69 Å². The third kappa shape index (κ3) is 2.91. The average Bonchev–Trinajstić information content (AvgIpc) is 2.79. The summed E-state index contributed by atoms with van der Waals surface area (Å²) in [5, 5.41) is 0. The summed E-state index contributed by atoms with van der Waals surface area (Å²) in [4.78, 5) is 25.3. The number of halogens is 1. The highest BCUT2D eigenvalue weighted by Gasteiger charge is 2.36. The standard InChI is InChI=1S/C14H16INO3/c1-3-9-6-11(15)4-5-12(9)16-8-10(7-13(16)17)14(18)19-2/h4-6,10H,3,7-8H2,1-2H3. The SMILES string of the molecule is CCc1cc(I)ccc1N1CC(C(=O)OC)CC1=O. The topological polar surface area (TPSA) is 46.6 Å². The predicted octanol–water partition coefficient (Wildman–Crippen LogP) is 2.38. The molecule has 1 heterocycles. The minimum absolute atomic E-state index is 0.00805. The molecule has 0 radical (unpaired) electrons. The van der Waals surface area contributed by atoms with Crippen molar-refractivity contribution in [3.8, 4) is 0 Å². The Kier molecular flexibility index (Phi) is 4.44. The van der Waals surface area contributed by atoms with Crippen LogP contribution in [-0.2, 0) is 20.7 Å². The van der Waals surface area contributed by atoms with Gasteiger partial charge in [-0.25, -0.2) is 0 Å². The van der Waals surface area contributed by atoms with Gasteiger partial charge in [0, 0.05) is 22.2 Å². The van der Waals surface area contributed by atoms with Gasteiger partial charge in [0.05, 0.1) is 13.0 Å². The molecule has 19 heavy (non-hydrogen) atoms. The lowest BCUT2D eigenvalue weighted by atomic mass is 10.1. The van der Waals surface area contributed by atoms with E-state index in [1.165, 1.54) is 7.11 Å². The monoisotopic (exact) mass is 373 g/mol. The molecular weight excluding hydrogens is 357 g/mol. The summed E-state index contributed by atoms with van der Waals surface area (Å²) in [5.41, 5.74) is 2.05. The number of carbonyl (C=O) groups excluding carboxylic acids is 2. The number of carbonyl (C=O) groups is 2. The van der Waals surface area contributed by atoms with Crippen LogP contribution < -0.4 is 4.90 Å². The Morgan fingerprint density at radius 1 is 1.53 bits per heavy atom. The number of anilines is 1. The van der Waals surface area contributed by atoms with Gasteiger partial charge in [-0.3, -0.25) is 9.59 Å². The molecule has 0 spiro atoms. The van der Waals surface area contributed by atoms with E-state index in [2.05, 4.69) is 35.6 Å². The van der Waals surface area contributed by atoms with Crippen LogP contribution in [0.1, 0.15) is 18.9 Å². The first-order chi connectivity index (χ1) is 9.06. The zero-order chi connectivity index (χ0) is 14.0. The van der Waals surface area contributed by atoms with Gasteiger partial charge in [0.1, 0.15) is 0 Å². The second-order valence-corrected chi connectivity index (χ2v) is 5.80. The molecule has 1 aliphatic heterocycles. The molecule has 2 rings (SSSR count). The van der Waals surface area contributed by atoms with E-state index >= 15 is 0 Å². The van der Waals surface area contributed by atoms with E-state index in [4.69, 9.17) is 4.74 Å². The second kappa shape index (κ2) is 5.90. The molecule has 1 unspecified atom stereocenters. The molecular formula is C14H16INO3. The van der Waals surface area contributed by atoms with E-state index in [0.717, 1.165) is 21.2 Å². The van der Waals surface area contributed by atoms with Crippen molar-refractivity contribution < 1.29 is 14.3 Å².